The fourth-order valence-electron chi connectivity index (χ4n) is 1.13. The predicted molar refractivity (Wildman–Crippen MR) is 52.8 cm³/mol. The van der Waals surface area contributed by atoms with E-state index >= 15 is 0 Å². The number of aromatic nitrogens is 4. The zero-order valence-electron chi connectivity index (χ0n) is 8.01. The molecule has 2 aromatic rings. The monoisotopic (exact) mass is 209 g/mol. The van der Waals surface area contributed by atoms with Crippen LogP contribution in [-0.4, -0.2) is 32.7 Å². The standard InChI is InChI=1S/C8H11N5O2/c9-2-1-3-15-7-4-6-11-12-8(14)13(6)5-10-7/h4-5H,1-3,9H2,(H,12,14). The van der Waals surface area contributed by atoms with Crippen molar-refractivity contribution < 1.29 is 4.74 Å². The second kappa shape index (κ2) is 4.09. The summed E-state index contributed by atoms with van der Waals surface area (Å²) in [4.78, 5) is 15.0. The highest BCUT2D eigenvalue weighted by atomic mass is 16.5. The van der Waals surface area contributed by atoms with Gasteiger partial charge in [0.15, 0.2) is 5.65 Å². The van der Waals surface area contributed by atoms with Crippen LogP contribution in [0.2, 0.25) is 0 Å². The molecule has 0 radical (unpaired) electrons. The first-order valence-corrected chi connectivity index (χ1v) is 4.57. The van der Waals surface area contributed by atoms with Crippen LogP contribution < -0.4 is 16.2 Å². The molecule has 0 aliphatic heterocycles. The van der Waals surface area contributed by atoms with Crippen LogP contribution in [0.25, 0.3) is 5.65 Å². The van der Waals surface area contributed by atoms with E-state index in [0.717, 1.165) is 6.42 Å². The van der Waals surface area contributed by atoms with Crippen LogP contribution >= 0.6 is 0 Å². The number of nitrogens with two attached hydrogens (primary N) is 1. The molecule has 2 rings (SSSR count). The minimum absolute atomic E-state index is 0.314. The van der Waals surface area contributed by atoms with Gasteiger partial charge in [-0.05, 0) is 13.0 Å². The molecule has 15 heavy (non-hydrogen) atoms. The molecule has 0 atom stereocenters. The van der Waals surface area contributed by atoms with Crippen LogP contribution in [-0.2, 0) is 0 Å². The number of nitrogens with zero attached hydrogens (tertiary/aromatic N) is 3. The van der Waals surface area contributed by atoms with Gasteiger partial charge in [0.2, 0.25) is 5.88 Å². The molecule has 0 unspecified atom stereocenters. The maximum absolute atomic E-state index is 11.1. The number of rotatable bonds is 4. The molecule has 0 amide bonds. The molecule has 80 valence electrons. The largest absolute Gasteiger partial charge is 0.477 e. The van der Waals surface area contributed by atoms with Crippen LogP contribution in [0.4, 0.5) is 0 Å². The van der Waals surface area contributed by atoms with Crippen molar-refractivity contribution in [1.29, 1.82) is 0 Å². The quantitative estimate of drug-likeness (QED) is 0.639. The molecule has 0 aliphatic rings. The molecule has 0 bridgehead atoms. The number of fused-ring (bicyclic) bond motifs is 1. The van der Waals surface area contributed by atoms with Crippen LogP contribution in [0.3, 0.4) is 0 Å². The van der Waals surface area contributed by atoms with Crippen LogP contribution in [0.15, 0.2) is 17.2 Å². The minimum atomic E-state index is -0.314. The Morgan fingerprint density at radius 2 is 2.47 bits per heavy atom. The highest BCUT2D eigenvalue weighted by Crippen LogP contribution is 2.06. The average molecular weight is 209 g/mol. The Morgan fingerprint density at radius 3 is 3.27 bits per heavy atom. The fraction of sp³-hybridized carbons (Fsp3) is 0.375. The Balaban J connectivity index is 2.20. The molecule has 0 saturated carbocycles. The first-order chi connectivity index (χ1) is 7.31. The lowest BCUT2D eigenvalue weighted by Crippen LogP contribution is -2.10. The van der Waals surface area contributed by atoms with E-state index in [1.54, 1.807) is 6.07 Å². The van der Waals surface area contributed by atoms with E-state index in [4.69, 9.17) is 10.5 Å². The molecule has 0 spiro atoms. The summed E-state index contributed by atoms with van der Waals surface area (Å²) in [5.41, 5.74) is 5.49. The van der Waals surface area contributed by atoms with Crippen molar-refractivity contribution in [3.05, 3.63) is 22.9 Å². The Morgan fingerprint density at radius 1 is 1.60 bits per heavy atom. The number of aromatic amines is 1. The molecule has 2 aromatic heterocycles. The van der Waals surface area contributed by atoms with Crippen molar-refractivity contribution in [1.82, 2.24) is 19.6 Å². The van der Waals surface area contributed by atoms with Gasteiger partial charge < -0.3 is 10.5 Å². The van der Waals surface area contributed by atoms with E-state index in [1.807, 2.05) is 0 Å². The van der Waals surface area contributed by atoms with Crippen molar-refractivity contribution in [2.45, 2.75) is 6.42 Å². The van der Waals surface area contributed by atoms with Crippen molar-refractivity contribution in [2.24, 2.45) is 5.73 Å². The Labute approximate surface area is 84.9 Å². The van der Waals surface area contributed by atoms with Crippen molar-refractivity contribution >= 4 is 5.65 Å². The van der Waals surface area contributed by atoms with E-state index in [-0.39, 0.29) is 5.69 Å². The molecule has 0 aromatic carbocycles. The van der Waals surface area contributed by atoms with E-state index in [1.165, 1.54) is 10.7 Å². The molecule has 0 fully saturated rings. The first kappa shape index (κ1) is 9.66. The van der Waals surface area contributed by atoms with Crippen molar-refractivity contribution in [3.8, 4) is 5.88 Å². The van der Waals surface area contributed by atoms with Gasteiger partial charge in [-0.25, -0.2) is 19.3 Å². The predicted octanol–water partition coefficient (Wildman–Crippen LogP) is -0.855. The maximum Gasteiger partial charge on any atom is 0.348 e. The lowest BCUT2D eigenvalue weighted by molar-refractivity contribution is 0.301. The van der Waals surface area contributed by atoms with E-state index in [2.05, 4.69) is 15.2 Å². The van der Waals surface area contributed by atoms with E-state index in [9.17, 15) is 4.79 Å². The van der Waals surface area contributed by atoms with Gasteiger partial charge in [0, 0.05) is 6.07 Å². The maximum atomic E-state index is 11.1. The molecule has 3 N–H and O–H groups in total. The number of hydrogen-bond donors (Lipinski definition) is 2. The van der Waals surface area contributed by atoms with Gasteiger partial charge in [-0.1, -0.05) is 0 Å². The number of ether oxygens (including phenoxy) is 1. The smallest absolute Gasteiger partial charge is 0.348 e. The van der Waals surface area contributed by atoms with Crippen LogP contribution in [0, 0.1) is 0 Å². The lowest BCUT2D eigenvalue weighted by Gasteiger charge is -2.02. The summed E-state index contributed by atoms with van der Waals surface area (Å²) < 4.78 is 6.60. The van der Waals surface area contributed by atoms with E-state index < -0.39 is 0 Å². The summed E-state index contributed by atoms with van der Waals surface area (Å²) >= 11 is 0. The Bertz CT molecular complexity index is 503. The first-order valence-electron chi connectivity index (χ1n) is 4.57. The van der Waals surface area contributed by atoms with Gasteiger partial charge in [-0.15, -0.1) is 0 Å². The summed E-state index contributed by atoms with van der Waals surface area (Å²) in [6, 6.07) is 1.59. The molecule has 0 saturated heterocycles. The van der Waals surface area contributed by atoms with Gasteiger partial charge >= 0.3 is 5.69 Å². The zero-order chi connectivity index (χ0) is 10.7. The average Bonchev–Trinajstić information content (AvgIpc) is 2.61. The second-order valence-electron chi connectivity index (χ2n) is 2.97. The molecular weight excluding hydrogens is 198 g/mol. The fourth-order valence-corrected chi connectivity index (χ4v) is 1.13. The lowest BCUT2D eigenvalue weighted by atomic mass is 10.5. The third-order valence-electron chi connectivity index (χ3n) is 1.88. The minimum Gasteiger partial charge on any atom is -0.477 e. The molecular formula is C8H11N5O2. The summed E-state index contributed by atoms with van der Waals surface area (Å²) in [6.07, 6.45) is 2.14. The number of hydrogen-bond acceptors (Lipinski definition) is 5. The van der Waals surface area contributed by atoms with E-state index in [0.29, 0.717) is 24.7 Å². The highest BCUT2D eigenvalue weighted by molar-refractivity contribution is 5.38. The summed E-state index contributed by atoms with van der Waals surface area (Å²) in [5, 5.41) is 6.10. The van der Waals surface area contributed by atoms with Gasteiger partial charge in [-0.3, -0.25) is 0 Å². The Kier molecular flexibility index (Phi) is 2.64. The van der Waals surface area contributed by atoms with Crippen molar-refractivity contribution in [3.63, 3.8) is 0 Å². The molecule has 0 aliphatic carbocycles. The number of nitrogens with one attached hydrogen (secondary N) is 1. The third-order valence-corrected chi connectivity index (χ3v) is 1.88. The van der Waals surface area contributed by atoms with Gasteiger partial charge in [-0.2, -0.15) is 5.10 Å². The van der Waals surface area contributed by atoms with Crippen molar-refractivity contribution in [2.75, 3.05) is 13.2 Å². The summed E-state index contributed by atoms with van der Waals surface area (Å²) in [7, 11) is 0. The SMILES string of the molecule is NCCCOc1cc2n[nH]c(=O)n2cn1. The van der Waals surface area contributed by atoms with Crippen LogP contribution in [0.5, 0.6) is 5.88 Å². The molecule has 7 nitrogen and oxygen atoms in total. The second-order valence-corrected chi connectivity index (χ2v) is 2.97. The zero-order valence-corrected chi connectivity index (χ0v) is 8.01. The van der Waals surface area contributed by atoms with Crippen LogP contribution in [0.1, 0.15) is 6.42 Å². The third kappa shape index (κ3) is 1.96. The van der Waals surface area contributed by atoms with Gasteiger partial charge in [0.1, 0.15) is 6.33 Å². The summed E-state index contributed by atoms with van der Waals surface area (Å²) in [6.45, 7) is 1.08. The van der Waals surface area contributed by atoms with Gasteiger partial charge in [0.25, 0.3) is 0 Å². The Hall–Kier alpha value is -1.89. The number of H-pyrrole nitrogens is 1. The molecule has 2 heterocycles. The van der Waals surface area contributed by atoms with Gasteiger partial charge in [0.05, 0.1) is 6.61 Å². The highest BCUT2D eigenvalue weighted by Gasteiger charge is 2.02. The molecule has 7 heteroatoms. The topological polar surface area (TPSA) is 98.3 Å². The summed E-state index contributed by atoms with van der Waals surface area (Å²) in [5.74, 6) is 0.440. The normalized spacial score (nSPS) is 10.7.